The number of carbonyl (C=O) groups excluding carboxylic acids is 1. The first kappa shape index (κ1) is 18.3. The van der Waals surface area contributed by atoms with Crippen LogP contribution in [0.3, 0.4) is 0 Å². The molecule has 8 nitrogen and oxygen atoms in total. The molecule has 0 saturated heterocycles. The van der Waals surface area contributed by atoms with Gasteiger partial charge in [0.2, 0.25) is 10.0 Å². The van der Waals surface area contributed by atoms with Crippen molar-refractivity contribution in [3.05, 3.63) is 34.4 Å². The summed E-state index contributed by atoms with van der Waals surface area (Å²) in [4.78, 5) is 21.8. The van der Waals surface area contributed by atoms with Gasteiger partial charge < -0.3 is 4.74 Å². The molecule has 2 rings (SSSR count). The minimum Gasteiger partial charge on any atom is -0.466 e. The molecule has 0 spiro atoms. The average Bonchev–Trinajstić information content (AvgIpc) is 2.55. The van der Waals surface area contributed by atoms with E-state index in [4.69, 9.17) is 4.74 Å². The van der Waals surface area contributed by atoms with Gasteiger partial charge in [0.05, 0.1) is 17.4 Å². The summed E-state index contributed by atoms with van der Waals surface area (Å²) >= 11 is 0. The van der Waals surface area contributed by atoms with E-state index in [9.17, 15) is 23.3 Å². The van der Waals surface area contributed by atoms with Crippen LogP contribution in [0.15, 0.2) is 29.2 Å². The molecule has 24 heavy (non-hydrogen) atoms. The zero-order valence-electron chi connectivity index (χ0n) is 13.3. The number of para-hydroxylation sites is 1. The predicted molar refractivity (Wildman–Crippen MR) is 85.8 cm³/mol. The fourth-order valence-corrected chi connectivity index (χ4v) is 4.34. The van der Waals surface area contributed by atoms with Gasteiger partial charge in [0, 0.05) is 12.1 Å². The van der Waals surface area contributed by atoms with Crippen molar-refractivity contribution >= 4 is 21.7 Å². The van der Waals surface area contributed by atoms with E-state index < -0.39 is 26.7 Å². The quantitative estimate of drug-likeness (QED) is 0.473. The van der Waals surface area contributed by atoms with Crippen molar-refractivity contribution in [2.75, 3.05) is 6.61 Å². The summed E-state index contributed by atoms with van der Waals surface area (Å²) in [6, 6.07) is 4.75. The molecule has 1 aromatic carbocycles. The summed E-state index contributed by atoms with van der Waals surface area (Å²) in [6.07, 6.45) is 2.25. The molecule has 9 heteroatoms. The van der Waals surface area contributed by atoms with E-state index in [1.807, 2.05) is 0 Å². The molecule has 1 aliphatic rings. The maximum absolute atomic E-state index is 12.5. The number of nitro groups is 1. The van der Waals surface area contributed by atoms with E-state index >= 15 is 0 Å². The largest absolute Gasteiger partial charge is 0.466 e. The minimum absolute atomic E-state index is 0.280. The van der Waals surface area contributed by atoms with Gasteiger partial charge >= 0.3 is 5.97 Å². The Morgan fingerprint density at radius 1 is 1.38 bits per heavy atom. The molecule has 0 unspecified atom stereocenters. The van der Waals surface area contributed by atoms with Gasteiger partial charge in [-0.25, -0.2) is 13.1 Å². The number of hydrogen-bond acceptors (Lipinski definition) is 6. The molecule has 1 fully saturated rings. The molecular weight excluding hydrogens is 336 g/mol. The fraction of sp³-hybridized carbons (Fsp3) is 0.533. The Morgan fingerprint density at radius 2 is 2.08 bits per heavy atom. The fourth-order valence-electron chi connectivity index (χ4n) is 2.89. The van der Waals surface area contributed by atoms with Crippen LogP contribution in [-0.2, 0) is 19.6 Å². The molecule has 1 N–H and O–H groups in total. The van der Waals surface area contributed by atoms with Gasteiger partial charge in [-0.1, -0.05) is 18.6 Å². The third-order valence-corrected chi connectivity index (χ3v) is 5.54. The van der Waals surface area contributed by atoms with E-state index in [0.29, 0.717) is 25.7 Å². The van der Waals surface area contributed by atoms with Crippen molar-refractivity contribution < 1.29 is 22.9 Å². The van der Waals surface area contributed by atoms with Crippen molar-refractivity contribution in [3.8, 4) is 0 Å². The molecule has 0 amide bonds. The summed E-state index contributed by atoms with van der Waals surface area (Å²) in [5, 5.41) is 11.0. The Labute approximate surface area is 140 Å². The molecule has 0 radical (unpaired) electrons. The monoisotopic (exact) mass is 356 g/mol. The number of sulfonamides is 1. The molecule has 132 valence electrons. The molecule has 1 aliphatic carbocycles. The standard InChI is InChI=1S/C15H20N2O6S/c1-2-23-15(18)11-6-5-7-12(10-11)16-24(21,22)14-9-4-3-8-13(14)17(19)20/h3-4,8-9,11-12,16H,2,5-7,10H2,1H3/t11-,12+/m0/s1. The van der Waals surface area contributed by atoms with Gasteiger partial charge in [-0.05, 0) is 32.3 Å². The van der Waals surface area contributed by atoms with E-state index in [1.165, 1.54) is 18.2 Å². The minimum atomic E-state index is -4.04. The lowest BCUT2D eigenvalue weighted by molar-refractivity contribution is -0.387. The van der Waals surface area contributed by atoms with Crippen LogP contribution in [-0.4, -0.2) is 32.0 Å². The van der Waals surface area contributed by atoms with Gasteiger partial charge in [-0.2, -0.15) is 0 Å². The summed E-state index contributed by atoms with van der Waals surface area (Å²) < 4.78 is 32.5. The number of benzene rings is 1. The van der Waals surface area contributed by atoms with Gasteiger partial charge in [-0.3, -0.25) is 14.9 Å². The Bertz CT molecular complexity index is 718. The Kier molecular flexibility index (Phi) is 5.89. The summed E-state index contributed by atoms with van der Waals surface area (Å²) in [5.74, 6) is -0.677. The zero-order chi connectivity index (χ0) is 17.7. The number of nitrogens with one attached hydrogen (secondary N) is 1. The normalized spacial score (nSPS) is 21.2. The Morgan fingerprint density at radius 3 is 2.75 bits per heavy atom. The number of hydrogen-bond donors (Lipinski definition) is 1. The lowest BCUT2D eigenvalue weighted by Crippen LogP contribution is -2.40. The van der Waals surface area contributed by atoms with E-state index in [-0.39, 0.29) is 23.4 Å². The third kappa shape index (κ3) is 4.30. The van der Waals surface area contributed by atoms with Gasteiger partial charge in [0.1, 0.15) is 0 Å². The average molecular weight is 356 g/mol. The SMILES string of the molecule is CCOC(=O)[C@H]1CCC[C@@H](NS(=O)(=O)c2ccccc2[N+](=O)[O-])C1. The van der Waals surface area contributed by atoms with Crippen LogP contribution in [0.4, 0.5) is 5.69 Å². The number of nitrogens with zero attached hydrogens (tertiary/aromatic N) is 1. The van der Waals surface area contributed by atoms with Crippen molar-refractivity contribution in [1.29, 1.82) is 0 Å². The van der Waals surface area contributed by atoms with Gasteiger partial charge in [0.25, 0.3) is 5.69 Å². The topological polar surface area (TPSA) is 116 Å². The molecule has 1 saturated carbocycles. The second kappa shape index (κ2) is 7.71. The van der Waals surface area contributed by atoms with Crippen LogP contribution in [0.5, 0.6) is 0 Å². The molecular formula is C15H20N2O6S. The highest BCUT2D eigenvalue weighted by molar-refractivity contribution is 7.89. The van der Waals surface area contributed by atoms with Gasteiger partial charge in [-0.15, -0.1) is 0 Å². The Hall–Kier alpha value is -2.00. The highest BCUT2D eigenvalue weighted by Crippen LogP contribution is 2.28. The molecule has 0 heterocycles. The first-order valence-electron chi connectivity index (χ1n) is 7.77. The van der Waals surface area contributed by atoms with E-state index in [0.717, 1.165) is 6.07 Å². The van der Waals surface area contributed by atoms with Crippen molar-refractivity contribution in [3.63, 3.8) is 0 Å². The van der Waals surface area contributed by atoms with Crippen LogP contribution in [0.1, 0.15) is 32.6 Å². The number of rotatable bonds is 6. The first-order valence-corrected chi connectivity index (χ1v) is 9.26. The number of ether oxygens (including phenoxy) is 1. The zero-order valence-corrected chi connectivity index (χ0v) is 14.1. The van der Waals surface area contributed by atoms with Crippen molar-refractivity contribution in [2.45, 2.75) is 43.5 Å². The molecule has 0 aliphatic heterocycles. The number of carbonyl (C=O) groups is 1. The highest BCUT2D eigenvalue weighted by atomic mass is 32.2. The molecule has 2 atom stereocenters. The van der Waals surface area contributed by atoms with Crippen LogP contribution in [0.25, 0.3) is 0 Å². The maximum Gasteiger partial charge on any atom is 0.308 e. The third-order valence-electron chi connectivity index (χ3n) is 3.97. The second-order valence-corrected chi connectivity index (χ2v) is 7.34. The highest BCUT2D eigenvalue weighted by Gasteiger charge is 2.33. The van der Waals surface area contributed by atoms with Crippen LogP contribution >= 0.6 is 0 Å². The van der Waals surface area contributed by atoms with E-state index in [1.54, 1.807) is 6.92 Å². The second-order valence-electron chi connectivity index (χ2n) is 5.66. The lowest BCUT2D eigenvalue weighted by atomic mass is 9.86. The molecule has 0 aromatic heterocycles. The molecule has 0 bridgehead atoms. The summed E-state index contributed by atoms with van der Waals surface area (Å²) in [5.41, 5.74) is -0.470. The van der Waals surface area contributed by atoms with Crippen LogP contribution in [0.2, 0.25) is 0 Å². The van der Waals surface area contributed by atoms with Crippen molar-refractivity contribution in [2.24, 2.45) is 5.92 Å². The molecule has 1 aromatic rings. The lowest BCUT2D eigenvalue weighted by Gasteiger charge is -2.28. The van der Waals surface area contributed by atoms with Crippen LogP contribution in [0, 0.1) is 16.0 Å². The predicted octanol–water partition coefficient (Wildman–Crippen LogP) is 2.00. The smallest absolute Gasteiger partial charge is 0.308 e. The maximum atomic E-state index is 12.5. The van der Waals surface area contributed by atoms with E-state index in [2.05, 4.69) is 4.72 Å². The summed E-state index contributed by atoms with van der Waals surface area (Å²) in [6.45, 7) is 2.00. The number of esters is 1. The van der Waals surface area contributed by atoms with Crippen LogP contribution < -0.4 is 4.72 Å². The summed E-state index contributed by atoms with van der Waals surface area (Å²) in [7, 11) is -4.04. The first-order chi connectivity index (χ1) is 11.3. The number of nitro benzene ring substituents is 1. The Balaban J connectivity index is 2.15. The van der Waals surface area contributed by atoms with Crippen molar-refractivity contribution in [1.82, 2.24) is 4.72 Å². The van der Waals surface area contributed by atoms with Gasteiger partial charge in [0.15, 0.2) is 4.90 Å².